The molecule has 1 aliphatic rings. The Hall–Kier alpha value is -2.82. The van der Waals surface area contributed by atoms with Crippen molar-refractivity contribution in [2.75, 3.05) is 6.61 Å². The zero-order valence-electron chi connectivity index (χ0n) is 18.0. The van der Waals surface area contributed by atoms with E-state index in [-0.39, 0.29) is 24.5 Å². The summed E-state index contributed by atoms with van der Waals surface area (Å²) in [5.74, 6) is 0.392. The maximum absolute atomic E-state index is 13.2. The zero-order valence-corrected chi connectivity index (χ0v) is 18.0. The fourth-order valence-electron chi connectivity index (χ4n) is 4.04. The highest BCUT2D eigenvalue weighted by atomic mass is 16.5. The van der Waals surface area contributed by atoms with Gasteiger partial charge in [0, 0.05) is 12.6 Å². The van der Waals surface area contributed by atoms with Gasteiger partial charge in [0.25, 0.3) is 5.91 Å². The highest BCUT2D eigenvalue weighted by Crippen LogP contribution is 2.20. The predicted molar refractivity (Wildman–Crippen MR) is 118 cm³/mol. The number of rotatable bonds is 9. The second kappa shape index (κ2) is 10.8. The Balaban J connectivity index is 1.75. The van der Waals surface area contributed by atoms with Gasteiger partial charge in [-0.1, -0.05) is 67.8 Å². The van der Waals surface area contributed by atoms with Crippen molar-refractivity contribution in [3.63, 3.8) is 0 Å². The summed E-state index contributed by atoms with van der Waals surface area (Å²) in [5.41, 5.74) is 2.14. The number of benzene rings is 2. The van der Waals surface area contributed by atoms with Crippen LogP contribution in [0.3, 0.4) is 0 Å². The Morgan fingerprint density at radius 3 is 2.50 bits per heavy atom. The fraction of sp³-hybridized carbons (Fsp3) is 0.440. The van der Waals surface area contributed by atoms with Crippen LogP contribution in [0.4, 0.5) is 0 Å². The van der Waals surface area contributed by atoms with Gasteiger partial charge >= 0.3 is 0 Å². The van der Waals surface area contributed by atoms with E-state index < -0.39 is 6.04 Å². The Kier molecular flexibility index (Phi) is 7.89. The summed E-state index contributed by atoms with van der Waals surface area (Å²) in [6.07, 6.45) is 4.90. The van der Waals surface area contributed by atoms with E-state index in [0.717, 1.165) is 36.8 Å². The minimum atomic E-state index is -0.516. The number of ether oxygens (including phenoxy) is 1. The summed E-state index contributed by atoms with van der Waals surface area (Å²) in [4.78, 5) is 27.9. The fourth-order valence-corrected chi connectivity index (χ4v) is 4.04. The minimum Gasteiger partial charge on any atom is -0.484 e. The number of carbonyl (C=O) groups is 2. The first-order chi connectivity index (χ1) is 14.6. The van der Waals surface area contributed by atoms with Gasteiger partial charge in [-0.3, -0.25) is 9.59 Å². The van der Waals surface area contributed by atoms with Crippen LogP contribution in [0.15, 0.2) is 54.6 Å². The maximum atomic E-state index is 13.2. The van der Waals surface area contributed by atoms with Gasteiger partial charge in [0.1, 0.15) is 11.8 Å². The summed E-state index contributed by atoms with van der Waals surface area (Å²) in [6.45, 7) is 4.27. The van der Waals surface area contributed by atoms with E-state index in [9.17, 15) is 9.59 Å². The summed E-state index contributed by atoms with van der Waals surface area (Å²) >= 11 is 0. The number of carbonyl (C=O) groups excluding carboxylic acids is 2. The van der Waals surface area contributed by atoms with Gasteiger partial charge in [0.15, 0.2) is 6.61 Å². The molecule has 2 amide bonds. The van der Waals surface area contributed by atoms with Gasteiger partial charge in [-0.15, -0.1) is 0 Å². The largest absolute Gasteiger partial charge is 0.484 e. The molecular formula is C25H32N2O3. The second-order valence-corrected chi connectivity index (χ2v) is 8.03. The lowest BCUT2D eigenvalue weighted by Crippen LogP contribution is -2.52. The van der Waals surface area contributed by atoms with Gasteiger partial charge < -0.3 is 15.0 Å². The Morgan fingerprint density at radius 1 is 1.10 bits per heavy atom. The zero-order chi connectivity index (χ0) is 21.3. The average molecular weight is 409 g/mol. The topological polar surface area (TPSA) is 58.6 Å². The molecule has 5 heteroatoms. The first kappa shape index (κ1) is 21.9. The van der Waals surface area contributed by atoms with Crippen molar-refractivity contribution in [3.8, 4) is 5.75 Å². The molecule has 0 saturated heterocycles. The molecule has 0 unspecified atom stereocenters. The molecule has 0 radical (unpaired) electrons. The summed E-state index contributed by atoms with van der Waals surface area (Å²) in [5, 5.41) is 3.16. The van der Waals surface area contributed by atoms with Crippen LogP contribution in [-0.4, -0.2) is 35.4 Å². The van der Waals surface area contributed by atoms with Crippen molar-refractivity contribution in [2.24, 2.45) is 0 Å². The standard InChI is InChI=1S/C25H32N2O3/c1-3-23(25(29)26-21-12-7-8-13-21)27(17-20-11-9-10-19(2)16-20)24(28)18-30-22-14-5-4-6-15-22/h4-6,9-11,14-16,21,23H,3,7-8,12-13,17-18H2,1-2H3,(H,26,29)/t23-/m1/s1. The number of hydrogen-bond acceptors (Lipinski definition) is 3. The van der Waals surface area contributed by atoms with Crippen molar-refractivity contribution in [3.05, 3.63) is 65.7 Å². The van der Waals surface area contributed by atoms with E-state index in [1.807, 2.05) is 62.4 Å². The Morgan fingerprint density at radius 2 is 1.83 bits per heavy atom. The quantitative estimate of drug-likeness (QED) is 0.675. The van der Waals surface area contributed by atoms with Crippen LogP contribution < -0.4 is 10.1 Å². The molecule has 2 aromatic rings. The molecule has 2 aromatic carbocycles. The molecule has 160 valence electrons. The van der Waals surface area contributed by atoms with Crippen LogP contribution >= 0.6 is 0 Å². The average Bonchev–Trinajstić information content (AvgIpc) is 3.25. The van der Waals surface area contributed by atoms with Gasteiger partial charge in [-0.25, -0.2) is 0 Å². The lowest BCUT2D eigenvalue weighted by molar-refractivity contribution is -0.143. The molecule has 0 heterocycles. The minimum absolute atomic E-state index is 0.0647. The normalized spacial score (nSPS) is 14.9. The van der Waals surface area contributed by atoms with Gasteiger partial charge in [-0.05, 0) is 43.9 Å². The van der Waals surface area contributed by atoms with E-state index in [1.54, 1.807) is 4.90 Å². The number of para-hydroxylation sites is 1. The SMILES string of the molecule is CC[C@H](C(=O)NC1CCCC1)N(Cc1cccc(C)c1)C(=O)COc1ccccc1. The molecule has 30 heavy (non-hydrogen) atoms. The molecule has 1 saturated carbocycles. The van der Waals surface area contributed by atoms with Crippen LogP contribution in [0.2, 0.25) is 0 Å². The third kappa shape index (κ3) is 6.09. The van der Waals surface area contributed by atoms with Gasteiger partial charge in [0.05, 0.1) is 0 Å². The van der Waals surface area contributed by atoms with Crippen molar-refractivity contribution in [1.29, 1.82) is 0 Å². The molecule has 1 aliphatic carbocycles. The summed E-state index contributed by atoms with van der Waals surface area (Å²) in [6, 6.07) is 17.0. The van der Waals surface area contributed by atoms with Crippen LogP contribution in [-0.2, 0) is 16.1 Å². The Bertz CT molecular complexity index is 831. The lowest BCUT2D eigenvalue weighted by Gasteiger charge is -2.31. The number of nitrogens with one attached hydrogen (secondary N) is 1. The molecule has 0 aliphatic heterocycles. The first-order valence-electron chi connectivity index (χ1n) is 10.9. The molecular weight excluding hydrogens is 376 g/mol. The van der Waals surface area contributed by atoms with E-state index in [0.29, 0.717) is 18.7 Å². The van der Waals surface area contributed by atoms with E-state index in [4.69, 9.17) is 4.74 Å². The number of hydrogen-bond donors (Lipinski definition) is 1. The van der Waals surface area contributed by atoms with Crippen LogP contribution in [0.25, 0.3) is 0 Å². The summed E-state index contributed by atoms with van der Waals surface area (Å²) in [7, 11) is 0. The van der Waals surface area contributed by atoms with Gasteiger partial charge in [-0.2, -0.15) is 0 Å². The highest BCUT2D eigenvalue weighted by Gasteiger charge is 2.30. The molecule has 1 N–H and O–H groups in total. The molecule has 3 rings (SSSR count). The van der Waals surface area contributed by atoms with Crippen molar-refractivity contribution in [2.45, 2.75) is 64.6 Å². The third-order valence-corrected chi connectivity index (χ3v) is 5.63. The van der Waals surface area contributed by atoms with Crippen molar-refractivity contribution >= 4 is 11.8 Å². The monoisotopic (exact) mass is 408 g/mol. The van der Waals surface area contributed by atoms with E-state index >= 15 is 0 Å². The second-order valence-electron chi connectivity index (χ2n) is 8.03. The van der Waals surface area contributed by atoms with Crippen LogP contribution in [0, 0.1) is 6.92 Å². The van der Waals surface area contributed by atoms with Crippen LogP contribution in [0.5, 0.6) is 5.75 Å². The molecule has 5 nitrogen and oxygen atoms in total. The smallest absolute Gasteiger partial charge is 0.261 e. The van der Waals surface area contributed by atoms with Crippen molar-refractivity contribution in [1.82, 2.24) is 10.2 Å². The summed E-state index contributed by atoms with van der Waals surface area (Å²) < 4.78 is 5.70. The van der Waals surface area contributed by atoms with Crippen molar-refractivity contribution < 1.29 is 14.3 Å². The van der Waals surface area contributed by atoms with E-state index in [1.165, 1.54) is 0 Å². The Labute approximate surface area is 179 Å². The number of aryl methyl sites for hydroxylation is 1. The van der Waals surface area contributed by atoms with Crippen LogP contribution in [0.1, 0.15) is 50.2 Å². The molecule has 1 fully saturated rings. The van der Waals surface area contributed by atoms with E-state index in [2.05, 4.69) is 11.4 Å². The van der Waals surface area contributed by atoms with Gasteiger partial charge in [0.2, 0.25) is 5.91 Å². The lowest BCUT2D eigenvalue weighted by atomic mass is 10.1. The predicted octanol–water partition coefficient (Wildman–Crippen LogP) is 4.24. The maximum Gasteiger partial charge on any atom is 0.261 e. The number of amides is 2. The molecule has 0 bridgehead atoms. The first-order valence-corrected chi connectivity index (χ1v) is 10.9. The third-order valence-electron chi connectivity index (χ3n) is 5.63. The molecule has 0 aromatic heterocycles. The number of nitrogens with zero attached hydrogens (tertiary/aromatic N) is 1. The molecule has 0 spiro atoms. The molecule has 1 atom stereocenters. The highest BCUT2D eigenvalue weighted by molar-refractivity contribution is 5.88.